The van der Waals surface area contributed by atoms with E-state index in [2.05, 4.69) is 20.9 Å². The molecule has 0 bridgehead atoms. The van der Waals surface area contributed by atoms with E-state index in [0.29, 0.717) is 23.2 Å². The van der Waals surface area contributed by atoms with Crippen molar-refractivity contribution in [1.82, 2.24) is 4.98 Å². The lowest BCUT2D eigenvalue weighted by atomic mass is 10.2. The molecule has 0 atom stereocenters. The van der Waals surface area contributed by atoms with Gasteiger partial charge in [-0.2, -0.15) is 0 Å². The Labute approximate surface area is 119 Å². The molecule has 2 rings (SSSR count). The zero-order valence-corrected chi connectivity index (χ0v) is 12.1. The van der Waals surface area contributed by atoms with E-state index in [-0.39, 0.29) is 0 Å². The van der Waals surface area contributed by atoms with Crippen LogP contribution in [-0.2, 0) is 6.54 Å². The number of nitrogens with two attached hydrogens (primary N) is 1. The number of ether oxygens (including phenoxy) is 1. The van der Waals surface area contributed by atoms with E-state index in [0.717, 1.165) is 15.7 Å². The van der Waals surface area contributed by atoms with Gasteiger partial charge >= 0.3 is 0 Å². The van der Waals surface area contributed by atoms with Crippen molar-refractivity contribution in [2.45, 2.75) is 13.5 Å². The molecule has 0 radical (unpaired) electrons. The third-order valence-corrected chi connectivity index (χ3v) is 3.53. The standard InChI is InChI=1S/C13H12BrClN2O/c1-8-11(14)4-5-13(17-8)18-12-6-10(15)3-2-9(12)7-16/h2-6H,7,16H2,1H3. The highest BCUT2D eigenvalue weighted by atomic mass is 79.9. The van der Waals surface area contributed by atoms with Gasteiger partial charge in [-0.25, -0.2) is 4.98 Å². The molecular weight excluding hydrogens is 316 g/mol. The first-order valence-electron chi connectivity index (χ1n) is 5.39. The predicted molar refractivity (Wildman–Crippen MR) is 76.1 cm³/mol. The summed E-state index contributed by atoms with van der Waals surface area (Å²) in [7, 11) is 0. The molecule has 1 aromatic carbocycles. The van der Waals surface area contributed by atoms with Crippen LogP contribution in [0.15, 0.2) is 34.8 Å². The van der Waals surface area contributed by atoms with E-state index in [1.165, 1.54) is 0 Å². The van der Waals surface area contributed by atoms with E-state index < -0.39 is 0 Å². The number of benzene rings is 1. The molecule has 0 unspecified atom stereocenters. The van der Waals surface area contributed by atoms with Crippen LogP contribution in [0.25, 0.3) is 0 Å². The Bertz CT molecular complexity index is 575. The molecule has 0 saturated carbocycles. The van der Waals surface area contributed by atoms with Crippen molar-refractivity contribution in [3.05, 3.63) is 51.1 Å². The van der Waals surface area contributed by atoms with Crippen LogP contribution in [0.4, 0.5) is 0 Å². The summed E-state index contributed by atoms with van der Waals surface area (Å²) in [6.45, 7) is 2.29. The van der Waals surface area contributed by atoms with Gasteiger partial charge in [0, 0.05) is 27.7 Å². The fourth-order valence-corrected chi connectivity index (χ4v) is 1.87. The second-order valence-corrected chi connectivity index (χ2v) is 5.07. The number of rotatable bonds is 3. The van der Waals surface area contributed by atoms with Gasteiger partial charge in [0.25, 0.3) is 0 Å². The second-order valence-electron chi connectivity index (χ2n) is 3.77. The van der Waals surface area contributed by atoms with Crippen LogP contribution >= 0.6 is 27.5 Å². The molecule has 2 N–H and O–H groups in total. The van der Waals surface area contributed by atoms with Crippen LogP contribution in [-0.4, -0.2) is 4.98 Å². The first-order valence-corrected chi connectivity index (χ1v) is 6.56. The molecular formula is C13H12BrClN2O. The van der Waals surface area contributed by atoms with Crippen LogP contribution in [0.5, 0.6) is 11.6 Å². The molecule has 0 fully saturated rings. The monoisotopic (exact) mass is 326 g/mol. The number of nitrogens with zero attached hydrogens (tertiary/aromatic N) is 1. The minimum atomic E-state index is 0.391. The molecule has 0 saturated heterocycles. The Kier molecular flexibility index (Phi) is 4.22. The summed E-state index contributed by atoms with van der Waals surface area (Å²) in [6.07, 6.45) is 0. The molecule has 2 aromatic rings. The fourth-order valence-electron chi connectivity index (χ4n) is 1.48. The third-order valence-electron chi connectivity index (χ3n) is 2.46. The summed E-state index contributed by atoms with van der Waals surface area (Å²) in [5.74, 6) is 1.16. The fraction of sp³-hybridized carbons (Fsp3) is 0.154. The van der Waals surface area contributed by atoms with Gasteiger partial charge < -0.3 is 10.5 Å². The van der Waals surface area contributed by atoms with Gasteiger partial charge in [-0.3, -0.25) is 0 Å². The number of hydrogen-bond acceptors (Lipinski definition) is 3. The molecule has 1 aromatic heterocycles. The smallest absolute Gasteiger partial charge is 0.219 e. The second kappa shape index (κ2) is 5.69. The van der Waals surface area contributed by atoms with Crippen LogP contribution in [0.1, 0.15) is 11.3 Å². The molecule has 3 nitrogen and oxygen atoms in total. The summed E-state index contributed by atoms with van der Waals surface area (Å²) < 4.78 is 6.67. The maximum absolute atomic E-state index is 5.95. The van der Waals surface area contributed by atoms with Gasteiger partial charge in [-0.1, -0.05) is 17.7 Å². The van der Waals surface area contributed by atoms with E-state index in [4.69, 9.17) is 22.1 Å². The number of aromatic nitrogens is 1. The Hall–Kier alpha value is -1.10. The largest absolute Gasteiger partial charge is 0.439 e. The maximum atomic E-state index is 5.95. The minimum absolute atomic E-state index is 0.391. The van der Waals surface area contributed by atoms with Crippen molar-refractivity contribution in [2.24, 2.45) is 5.73 Å². The Morgan fingerprint density at radius 3 is 2.78 bits per heavy atom. The topological polar surface area (TPSA) is 48.1 Å². The van der Waals surface area contributed by atoms with Crippen molar-refractivity contribution < 1.29 is 4.74 Å². The molecule has 0 aliphatic rings. The van der Waals surface area contributed by atoms with Crippen molar-refractivity contribution in [3.63, 3.8) is 0 Å². The van der Waals surface area contributed by atoms with Crippen LogP contribution in [0, 0.1) is 6.92 Å². The van der Waals surface area contributed by atoms with Crippen LogP contribution in [0.3, 0.4) is 0 Å². The maximum Gasteiger partial charge on any atom is 0.219 e. The lowest BCUT2D eigenvalue weighted by Gasteiger charge is -2.10. The van der Waals surface area contributed by atoms with E-state index in [1.54, 1.807) is 18.2 Å². The van der Waals surface area contributed by atoms with Gasteiger partial charge in [0.2, 0.25) is 5.88 Å². The summed E-state index contributed by atoms with van der Waals surface area (Å²) in [5, 5.41) is 0.607. The molecule has 0 spiro atoms. The Balaban J connectivity index is 2.33. The van der Waals surface area contributed by atoms with Crippen molar-refractivity contribution in [2.75, 3.05) is 0 Å². The van der Waals surface area contributed by atoms with Crippen molar-refractivity contribution >= 4 is 27.5 Å². The lowest BCUT2D eigenvalue weighted by Crippen LogP contribution is -2.00. The zero-order valence-electron chi connectivity index (χ0n) is 9.78. The highest BCUT2D eigenvalue weighted by Crippen LogP contribution is 2.28. The van der Waals surface area contributed by atoms with Gasteiger partial charge in [-0.15, -0.1) is 0 Å². The number of hydrogen-bond donors (Lipinski definition) is 1. The normalized spacial score (nSPS) is 10.4. The molecule has 18 heavy (non-hydrogen) atoms. The SMILES string of the molecule is Cc1nc(Oc2cc(Cl)ccc2CN)ccc1Br. The number of halogens is 2. The third kappa shape index (κ3) is 3.02. The van der Waals surface area contributed by atoms with Gasteiger partial charge in [0.15, 0.2) is 0 Å². The van der Waals surface area contributed by atoms with E-state index in [9.17, 15) is 0 Å². The van der Waals surface area contributed by atoms with Crippen molar-refractivity contribution in [3.8, 4) is 11.6 Å². The number of aryl methyl sites for hydroxylation is 1. The average Bonchev–Trinajstić information content (AvgIpc) is 2.34. The summed E-state index contributed by atoms with van der Waals surface area (Å²) >= 11 is 9.34. The first kappa shape index (κ1) is 13.3. The molecule has 94 valence electrons. The molecule has 1 heterocycles. The highest BCUT2D eigenvalue weighted by molar-refractivity contribution is 9.10. The van der Waals surface area contributed by atoms with Crippen LogP contribution < -0.4 is 10.5 Å². The Morgan fingerprint density at radius 2 is 2.11 bits per heavy atom. The molecule has 5 heteroatoms. The lowest BCUT2D eigenvalue weighted by molar-refractivity contribution is 0.456. The van der Waals surface area contributed by atoms with Crippen LogP contribution in [0.2, 0.25) is 5.02 Å². The van der Waals surface area contributed by atoms with Gasteiger partial charge in [0.1, 0.15) is 5.75 Å². The van der Waals surface area contributed by atoms with Gasteiger partial charge in [-0.05, 0) is 41.1 Å². The summed E-state index contributed by atoms with van der Waals surface area (Å²) in [5.41, 5.74) is 7.41. The van der Waals surface area contributed by atoms with E-state index in [1.807, 2.05) is 19.1 Å². The van der Waals surface area contributed by atoms with Gasteiger partial charge in [0.05, 0.1) is 5.69 Å². The minimum Gasteiger partial charge on any atom is -0.439 e. The van der Waals surface area contributed by atoms with E-state index >= 15 is 0 Å². The summed E-state index contributed by atoms with van der Waals surface area (Å²) in [6, 6.07) is 9.06. The molecule has 0 aliphatic carbocycles. The molecule has 0 amide bonds. The molecule has 0 aliphatic heterocycles. The predicted octanol–water partition coefficient (Wildman–Crippen LogP) is 4.06. The average molecular weight is 328 g/mol. The van der Waals surface area contributed by atoms with Crippen molar-refractivity contribution in [1.29, 1.82) is 0 Å². The quantitative estimate of drug-likeness (QED) is 0.925. The highest BCUT2D eigenvalue weighted by Gasteiger charge is 2.07. The Morgan fingerprint density at radius 1 is 1.33 bits per heavy atom. The zero-order chi connectivity index (χ0) is 13.1. The first-order chi connectivity index (χ1) is 8.60. The number of pyridine rings is 1. The summed E-state index contributed by atoms with van der Waals surface area (Å²) in [4.78, 5) is 4.32.